The third-order valence-electron chi connectivity index (χ3n) is 6.20. The maximum Gasteiger partial charge on any atom is 0.266 e. The molecular weight excluding hydrogens is 526 g/mol. The van der Waals surface area contributed by atoms with Gasteiger partial charge in [-0.3, -0.25) is 4.79 Å². The Bertz CT molecular complexity index is 1480. The largest absolute Gasteiger partial charge is 0.489 e. The van der Waals surface area contributed by atoms with Crippen LogP contribution in [0.15, 0.2) is 88.9 Å². The van der Waals surface area contributed by atoms with Crippen molar-refractivity contribution in [1.82, 2.24) is 4.57 Å². The van der Waals surface area contributed by atoms with Gasteiger partial charge in [-0.05, 0) is 91.6 Å². The van der Waals surface area contributed by atoms with Gasteiger partial charge in [0.15, 0.2) is 0 Å². The van der Waals surface area contributed by atoms with Gasteiger partial charge in [0, 0.05) is 27.2 Å². The van der Waals surface area contributed by atoms with Crippen molar-refractivity contribution < 1.29 is 9.53 Å². The summed E-state index contributed by atoms with van der Waals surface area (Å²) in [5.74, 6) is 0.366. The highest BCUT2D eigenvalue weighted by molar-refractivity contribution is 9.10. The van der Waals surface area contributed by atoms with Gasteiger partial charge in [-0.15, -0.1) is 0 Å². The van der Waals surface area contributed by atoms with Crippen LogP contribution in [0.1, 0.15) is 35.0 Å². The summed E-state index contributed by atoms with van der Waals surface area (Å²) in [6.07, 6.45) is 2.44. The van der Waals surface area contributed by atoms with E-state index in [-0.39, 0.29) is 5.57 Å². The lowest BCUT2D eigenvalue weighted by atomic mass is 10.1. The number of hydrogen-bond donors (Lipinski definition) is 1. The van der Waals surface area contributed by atoms with Gasteiger partial charge in [-0.25, -0.2) is 0 Å². The van der Waals surface area contributed by atoms with Gasteiger partial charge in [0.2, 0.25) is 0 Å². The zero-order chi connectivity index (χ0) is 26.4. The van der Waals surface area contributed by atoms with Gasteiger partial charge in [0.05, 0.1) is 0 Å². The van der Waals surface area contributed by atoms with Crippen LogP contribution in [0.2, 0.25) is 0 Å². The van der Waals surface area contributed by atoms with Crippen LogP contribution in [0.25, 0.3) is 11.8 Å². The molecule has 5 nitrogen and oxygen atoms in total. The Morgan fingerprint density at radius 2 is 1.76 bits per heavy atom. The molecule has 4 rings (SSSR count). The van der Waals surface area contributed by atoms with Gasteiger partial charge < -0.3 is 14.6 Å². The van der Waals surface area contributed by atoms with Crippen LogP contribution in [0.3, 0.4) is 0 Å². The first-order valence-corrected chi connectivity index (χ1v) is 12.9. The van der Waals surface area contributed by atoms with Crippen molar-refractivity contribution in [2.75, 3.05) is 5.32 Å². The van der Waals surface area contributed by atoms with Crippen LogP contribution in [0.4, 0.5) is 5.69 Å². The van der Waals surface area contributed by atoms with Gasteiger partial charge in [0.25, 0.3) is 5.91 Å². The molecule has 1 heterocycles. The lowest BCUT2D eigenvalue weighted by Crippen LogP contribution is -2.14. The van der Waals surface area contributed by atoms with Crippen molar-refractivity contribution in [2.45, 2.75) is 33.8 Å². The van der Waals surface area contributed by atoms with E-state index < -0.39 is 5.91 Å². The van der Waals surface area contributed by atoms with Gasteiger partial charge in [-0.2, -0.15) is 5.26 Å². The number of hydrogen-bond acceptors (Lipinski definition) is 3. The number of carbonyl (C=O) groups is 1. The Labute approximate surface area is 226 Å². The molecule has 0 fully saturated rings. The average molecular weight is 554 g/mol. The molecular formula is C31H28BrN3O2. The molecule has 3 aromatic carbocycles. The predicted molar refractivity (Wildman–Crippen MR) is 152 cm³/mol. The first-order chi connectivity index (χ1) is 17.9. The van der Waals surface area contributed by atoms with Crippen LogP contribution in [-0.4, -0.2) is 10.5 Å². The Hall–Kier alpha value is -4.08. The molecule has 0 unspecified atom stereocenters. The molecule has 1 amide bonds. The number of anilines is 1. The lowest BCUT2D eigenvalue weighted by molar-refractivity contribution is -0.112. The highest BCUT2D eigenvalue weighted by Gasteiger charge is 2.15. The summed E-state index contributed by atoms with van der Waals surface area (Å²) in [7, 11) is 0. The Morgan fingerprint density at radius 3 is 2.43 bits per heavy atom. The summed E-state index contributed by atoms with van der Waals surface area (Å²) in [4.78, 5) is 12.9. The molecule has 0 saturated carbocycles. The van der Waals surface area contributed by atoms with Crippen LogP contribution in [0, 0.1) is 25.2 Å². The fourth-order valence-corrected chi connectivity index (χ4v) is 4.48. The van der Waals surface area contributed by atoms with Gasteiger partial charge in [0.1, 0.15) is 24.0 Å². The fraction of sp³-hybridized carbons (Fsp3) is 0.161. The number of aryl methyl sites for hydroxylation is 2. The molecule has 4 aromatic rings. The molecule has 0 saturated heterocycles. The summed E-state index contributed by atoms with van der Waals surface area (Å²) in [6.45, 7) is 6.51. The molecule has 186 valence electrons. The number of halogens is 1. The summed E-state index contributed by atoms with van der Waals surface area (Å²) >= 11 is 3.45. The topological polar surface area (TPSA) is 67.0 Å². The minimum Gasteiger partial charge on any atom is -0.489 e. The van der Waals surface area contributed by atoms with Crippen LogP contribution in [-0.2, 0) is 17.8 Å². The van der Waals surface area contributed by atoms with Crippen LogP contribution >= 0.6 is 15.9 Å². The molecule has 0 bridgehead atoms. The van der Waals surface area contributed by atoms with Crippen LogP contribution < -0.4 is 10.1 Å². The number of amides is 1. The minimum atomic E-state index is -0.416. The molecule has 37 heavy (non-hydrogen) atoms. The number of aromatic nitrogens is 1. The number of nitrogens with zero attached hydrogens (tertiary/aromatic N) is 2. The molecule has 0 aliphatic heterocycles. The Morgan fingerprint density at radius 1 is 1.05 bits per heavy atom. The van der Waals surface area contributed by atoms with Crippen LogP contribution in [0.5, 0.6) is 5.75 Å². The molecule has 1 aromatic heterocycles. The number of rotatable bonds is 8. The second-order valence-electron chi connectivity index (χ2n) is 8.71. The van der Waals surface area contributed by atoms with E-state index >= 15 is 0 Å². The standard InChI is InChI=1S/C31H28BrN3O2/c1-4-24-7-5-6-8-30(24)34-31(36)26(19-33)18-25-17-21(2)35(22(25)3)28-13-15-29(16-14-28)37-20-23-9-11-27(32)12-10-23/h5-18H,4,20H2,1-3H3,(H,34,36)/b26-18-. The SMILES string of the molecule is CCc1ccccc1NC(=O)/C(C#N)=C\c1cc(C)n(-c2ccc(OCc3ccc(Br)cc3)cc2)c1C. The normalized spacial score (nSPS) is 11.2. The molecule has 1 N–H and O–H groups in total. The van der Waals surface area contributed by atoms with Gasteiger partial charge >= 0.3 is 0 Å². The first kappa shape index (κ1) is 26.0. The number of nitriles is 1. The Kier molecular flexibility index (Phi) is 8.27. The smallest absolute Gasteiger partial charge is 0.266 e. The quantitative estimate of drug-likeness (QED) is 0.181. The summed E-state index contributed by atoms with van der Waals surface area (Å²) in [6, 6.07) is 27.6. The third kappa shape index (κ3) is 6.19. The molecule has 0 aliphatic carbocycles. The number of ether oxygens (including phenoxy) is 1. The molecule has 6 heteroatoms. The fourth-order valence-electron chi connectivity index (χ4n) is 4.21. The summed E-state index contributed by atoms with van der Waals surface area (Å²) in [5, 5.41) is 12.6. The summed E-state index contributed by atoms with van der Waals surface area (Å²) in [5.41, 5.74) is 6.64. The monoisotopic (exact) mass is 553 g/mol. The lowest BCUT2D eigenvalue weighted by Gasteiger charge is -2.12. The highest BCUT2D eigenvalue weighted by Crippen LogP contribution is 2.25. The van der Waals surface area contributed by atoms with E-state index in [1.807, 2.05) is 99.6 Å². The van der Waals surface area contributed by atoms with E-state index in [2.05, 4.69) is 31.9 Å². The van der Waals surface area contributed by atoms with Crippen molar-refractivity contribution in [3.63, 3.8) is 0 Å². The Balaban J connectivity index is 1.52. The molecule has 0 atom stereocenters. The van der Waals surface area contributed by atoms with Crippen molar-refractivity contribution in [3.05, 3.63) is 117 Å². The number of benzene rings is 3. The van der Waals surface area contributed by atoms with E-state index in [1.165, 1.54) is 0 Å². The maximum absolute atomic E-state index is 12.9. The second kappa shape index (κ2) is 11.8. The molecule has 0 radical (unpaired) electrons. The average Bonchev–Trinajstić information content (AvgIpc) is 3.19. The van der Waals surface area contributed by atoms with E-state index in [4.69, 9.17) is 4.74 Å². The maximum atomic E-state index is 12.9. The molecule has 0 spiro atoms. The van der Waals surface area contributed by atoms with E-state index in [9.17, 15) is 10.1 Å². The molecule has 0 aliphatic rings. The predicted octanol–water partition coefficient (Wildman–Crippen LogP) is 7.54. The zero-order valence-electron chi connectivity index (χ0n) is 21.1. The van der Waals surface area contributed by atoms with E-state index in [0.717, 1.165) is 56.1 Å². The minimum absolute atomic E-state index is 0.0582. The van der Waals surface area contributed by atoms with Crippen molar-refractivity contribution in [1.29, 1.82) is 5.26 Å². The number of carbonyl (C=O) groups excluding carboxylic acids is 1. The van der Waals surface area contributed by atoms with Crippen molar-refractivity contribution in [3.8, 4) is 17.5 Å². The van der Waals surface area contributed by atoms with Crippen molar-refractivity contribution in [2.24, 2.45) is 0 Å². The zero-order valence-corrected chi connectivity index (χ0v) is 22.7. The number of para-hydroxylation sites is 1. The highest BCUT2D eigenvalue weighted by atomic mass is 79.9. The van der Waals surface area contributed by atoms with E-state index in [0.29, 0.717) is 6.61 Å². The summed E-state index contributed by atoms with van der Waals surface area (Å²) < 4.78 is 9.07. The third-order valence-corrected chi connectivity index (χ3v) is 6.72. The van der Waals surface area contributed by atoms with Crippen molar-refractivity contribution >= 4 is 33.6 Å². The van der Waals surface area contributed by atoms with E-state index in [1.54, 1.807) is 6.08 Å². The number of nitrogens with one attached hydrogen (secondary N) is 1. The van der Waals surface area contributed by atoms with Gasteiger partial charge in [-0.1, -0.05) is 53.2 Å². The second-order valence-corrected chi connectivity index (χ2v) is 9.62. The first-order valence-electron chi connectivity index (χ1n) is 12.1.